The fourth-order valence-corrected chi connectivity index (χ4v) is 3.05. The van der Waals surface area contributed by atoms with Crippen molar-refractivity contribution < 1.29 is 0 Å². The summed E-state index contributed by atoms with van der Waals surface area (Å²) < 4.78 is 1.59. The van der Waals surface area contributed by atoms with Crippen LogP contribution in [0.2, 0.25) is 4.47 Å². The zero-order chi connectivity index (χ0) is 12.5. The lowest BCUT2D eigenvalue weighted by atomic mass is 10.2. The maximum absolute atomic E-state index is 5.80. The Morgan fingerprint density at radius 3 is 3.06 bits per heavy atom. The molecule has 0 atom stereocenters. The number of nitrogens with one attached hydrogen (secondary N) is 2. The molecule has 0 spiro atoms. The molecule has 1 aromatic carbocycles. The van der Waals surface area contributed by atoms with Crippen molar-refractivity contribution >= 4 is 55.5 Å². The van der Waals surface area contributed by atoms with Gasteiger partial charge in [-0.15, -0.1) is 11.3 Å². The number of fused-ring (bicyclic) bond motifs is 1. The number of thiazole rings is 1. The summed E-state index contributed by atoms with van der Waals surface area (Å²) in [5.74, 6) is 0. The molecule has 0 aliphatic carbocycles. The van der Waals surface area contributed by atoms with Crippen molar-refractivity contribution in [1.29, 1.82) is 0 Å². The van der Waals surface area contributed by atoms with E-state index in [-0.39, 0.29) is 0 Å². The van der Waals surface area contributed by atoms with Gasteiger partial charge in [0, 0.05) is 20.9 Å². The Kier molecular flexibility index (Phi) is 3.23. The monoisotopic (exact) mass is 342 g/mol. The van der Waals surface area contributed by atoms with Crippen LogP contribution in [0.25, 0.3) is 10.9 Å². The first kappa shape index (κ1) is 12.0. The van der Waals surface area contributed by atoms with Crippen LogP contribution in [0.15, 0.2) is 29.0 Å². The van der Waals surface area contributed by atoms with E-state index in [0.717, 1.165) is 25.9 Å². The van der Waals surface area contributed by atoms with E-state index in [1.165, 1.54) is 11.3 Å². The number of aromatic nitrogens is 3. The lowest BCUT2D eigenvalue weighted by molar-refractivity contribution is 1.11. The number of rotatable bonds is 3. The van der Waals surface area contributed by atoms with E-state index in [4.69, 9.17) is 11.6 Å². The molecule has 0 fully saturated rings. The highest BCUT2D eigenvalue weighted by Crippen LogP contribution is 2.29. The second kappa shape index (κ2) is 4.87. The summed E-state index contributed by atoms with van der Waals surface area (Å²) in [6.07, 6.45) is 3.58. The molecule has 0 bridgehead atoms. The molecule has 2 heterocycles. The zero-order valence-corrected chi connectivity index (χ0v) is 12.2. The van der Waals surface area contributed by atoms with Crippen molar-refractivity contribution in [3.63, 3.8) is 0 Å². The third-order valence-corrected chi connectivity index (χ3v) is 4.35. The molecule has 3 rings (SSSR count). The molecule has 4 nitrogen and oxygen atoms in total. The smallest absolute Gasteiger partial charge is 0.183 e. The predicted molar refractivity (Wildman–Crippen MR) is 78.2 cm³/mol. The molecule has 0 saturated heterocycles. The van der Waals surface area contributed by atoms with Crippen LogP contribution < -0.4 is 5.32 Å². The third-order valence-electron chi connectivity index (χ3n) is 2.54. The summed E-state index contributed by atoms with van der Waals surface area (Å²) in [5, 5.41) is 11.5. The molecule has 0 amide bonds. The van der Waals surface area contributed by atoms with Gasteiger partial charge in [-0.1, -0.05) is 27.5 Å². The number of hydrogen-bond acceptors (Lipinski definition) is 4. The highest BCUT2D eigenvalue weighted by atomic mass is 79.9. The van der Waals surface area contributed by atoms with Gasteiger partial charge >= 0.3 is 0 Å². The summed E-state index contributed by atoms with van der Waals surface area (Å²) in [6.45, 7) is 0.695. The maximum Gasteiger partial charge on any atom is 0.183 e. The Morgan fingerprint density at radius 2 is 2.28 bits per heavy atom. The van der Waals surface area contributed by atoms with E-state index in [1.54, 1.807) is 12.4 Å². The Bertz CT molecular complexity index is 693. The second-order valence-corrected chi connectivity index (χ2v) is 6.24. The van der Waals surface area contributed by atoms with E-state index in [9.17, 15) is 0 Å². The molecule has 0 aliphatic rings. The van der Waals surface area contributed by atoms with Crippen molar-refractivity contribution in [2.24, 2.45) is 0 Å². The van der Waals surface area contributed by atoms with Crippen molar-refractivity contribution in [2.75, 3.05) is 5.32 Å². The van der Waals surface area contributed by atoms with Gasteiger partial charge in [0.05, 0.1) is 23.9 Å². The van der Waals surface area contributed by atoms with Crippen LogP contribution in [0.5, 0.6) is 0 Å². The van der Waals surface area contributed by atoms with Crippen LogP contribution >= 0.6 is 38.9 Å². The SMILES string of the molecule is Clc1ncc(CNc2ccc(Br)c3cn[nH]c23)s1. The molecule has 0 unspecified atom stereocenters. The Hall–Kier alpha value is -1.11. The number of aromatic amines is 1. The molecule has 2 N–H and O–H groups in total. The molecule has 3 aromatic rings. The summed E-state index contributed by atoms with van der Waals surface area (Å²) >= 11 is 10.8. The fourth-order valence-electron chi connectivity index (χ4n) is 1.70. The van der Waals surface area contributed by atoms with Crippen LogP contribution in [0.4, 0.5) is 5.69 Å². The summed E-state index contributed by atoms with van der Waals surface area (Å²) in [6, 6.07) is 4.01. The normalized spacial score (nSPS) is 11.0. The minimum Gasteiger partial charge on any atom is -0.378 e. The van der Waals surface area contributed by atoms with Crippen LogP contribution in [-0.2, 0) is 6.54 Å². The zero-order valence-electron chi connectivity index (χ0n) is 9.08. The topological polar surface area (TPSA) is 53.6 Å². The predicted octanol–water partition coefficient (Wildman–Crippen LogP) is 4.05. The molecular weight excluding hydrogens is 336 g/mol. The molecule has 18 heavy (non-hydrogen) atoms. The third kappa shape index (κ3) is 2.23. The Labute approximate surface area is 121 Å². The van der Waals surface area contributed by atoms with Crippen molar-refractivity contribution in [3.05, 3.63) is 38.3 Å². The average Bonchev–Trinajstić information content (AvgIpc) is 2.98. The van der Waals surface area contributed by atoms with Gasteiger partial charge in [-0.3, -0.25) is 5.10 Å². The fraction of sp³-hybridized carbons (Fsp3) is 0.0909. The minimum atomic E-state index is 0.564. The number of halogens is 2. The lowest BCUT2D eigenvalue weighted by Crippen LogP contribution is -1.98. The molecule has 92 valence electrons. The van der Waals surface area contributed by atoms with Gasteiger partial charge < -0.3 is 5.32 Å². The highest BCUT2D eigenvalue weighted by molar-refractivity contribution is 9.10. The second-order valence-electron chi connectivity index (χ2n) is 3.69. The van der Waals surface area contributed by atoms with E-state index >= 15 is 0 Å². The summed E-state index contributed by atoms with van der Waals surface area (Å²) in [5.41, 5.74) is 2.00. The number of H-pyrrole nitrogens is 1. The van der Waals surface area contributed by atoms with Gasteiger partial charge in [-0.05, 0) is 12.1 Å². The number of anilines is 1. The molecule has 0 aliphatic heterocycles. The quantitative estimate of drug-likeness (QED) is 0.754. The van der Waals surface area contributed by atoms with Gasteiger partial charge in [0.25, 0.3) is 0 Å². The highest BCUT2D eigenvalue weighted by Gasteiger charge is 2.07. The van der Waals surface area contributed by atoms with Crippen molar-refractivity contribution in [3.8, 4) is 0 Å². The summed E-state index contributed by atoms with van der Waals surface area (Å²) in [4.78, 5) is 5.10. The van der Waals surface area contributed by atoms with E-state index in [2.05, 4.69) is 36.4 Å². The largest absolute Gasteiger partial charge is 0.378 e. The number of nitrogens with zero attached hydrogens (tertiary/aromatic N) is 2. The Morgan fingerprint density at radius 1 is 1.39 bits per heavy atom. The molecule has 7 heteroatoms. The molecule has 0 saturated carbocycles. The first-order chi connectivity index (χ1) is 8.74. The first-order valence-electron chi connectivity index (χ1n) is 5.19. The van der Waals surface area contributed by atoms with Gasteiger partial charge in [0.15, 0.2) is 4.47 Å². The van der Waals surface area contributed by atoms with Gasteiger partial charge in [0.1, 0.15) is 0 Å². The summed E-state index contributed by atoms with van der Waals surface area (Å²) in [7, 11) is 0. The van der Waals surface area contributed by atoms with Gasteiger partial charge in [-0.25, -0.2) is 4.98 Å². The average molecular weight is 344 g/mol. The molecule has 0 radical (unpaired) electrons. The van der Waals surface area contributed by atoms with Gasteiger partial charge in [0.2, 0.25) is 0 Å². The Balaban J connectivity index is 1.86. The lowest BCUT2D eigenvalue weighted by Gasteiger charge is -2.06. The van der Waals surface area contributed by atoms with E-state index < -0.39 is 0 Å². The van der Waals surface area contributed by atoms with Crippen LogP contribution in [0.1, 0.15) is 4.88 Å². The minimum absolute atomic E-state index is 0.564. The molecule has 2 aromatic heterocycles. The number of benzene rings is 1. The van der Waals surface area contributed by atoms with Crippen molar-refractivity contribution in [1.82, 2.24) is 15.2 Å². The van der Waals surface area contributed by atoms with Crippen LogP contribution in [0.3, 0.4) is 0 Å². The van der Waals surface area contributed by atoms with E-state index in [0.29, 0.717) is 11.0 Å². The standard InChI is InChI=1S/C11H8BrClN4S/c12-8-1-2-9(10-7(8)5-16-17-10)14-3-6-4-15-11(13)18-6/h1-2,4-5,14H,3H2,(H,16,17). The van der Waals surface area contributed by atoms with Crippen LogP contribution in [-0.4, -0.2) is 15.2 Å². The first-order valence-corrected chi connectivity index (χ1v) is 7.18. The van der Waals surface area contributed by atoms with Crippen molar-refractivity contribution in [2.45, 2.75) is 6.54 Å². The maximum atomic E-state index is 5.80. The molecular formula is C11H8BrClN4S. The van der Waals surface area contributed by atoms with Gasteiger partial charge in [-0.2, -0.15) is 5.10 Å². The van der Waals surface area contributed by atoms with E-state index in [1.807, 2.05) is 12.1 Å². The van der Waals surface area contributed by atoms with Crippen LogP contribution in [0, 0.1) is 0 Å². The number of hydrogen-bond donors (Lipinski definition) is 2.